The molecule has 9 heteroatoms. The van der Waals surface area contributed by atoms with Crippen molar-refractivity contribution in [1.29, 1.82) is 0 Å². The van der Waals surface area contributed by atoms with Crippen molar-refractivity contribution in [3.8, 4) is 5.82 Å². The summed E-state index contributed by atoms with van der Waals surface area (Å²) in [7, 11) is 1.58. The van der Waals surface area contributed by atoms with Gasteiger partial charge in [-0.2, -0.15) is 18.3 Å². The molecule has 0 saturated carbocycles. The van der Waals surface area contributed by atoms with Gasteiger partial charge in [0.1, 0.15) is 0 Å². The largest absolute Gasteiger partial charge is 0.417 e. The molecule has 6 nitrogen and oxygen atoms in total. The SMILES string of the molecule is CCC(CC)N(CCOC)C(=O)c1cnn(-c2ccc(C(F)(F)F)cn2)c1C. The van der Waals surface area contributed by atoms with E-state index in [0.29, 0.717) is 24.4 Å². The second kappa shape index (κ2) is 9.18. The van der Waals surface area contributed by atoms with Gasteiger partial charge in [0, 0.05) is 25.9 Å². The van der Waals surface area contributed by atoms with Crippen molar-refractivity contribution in [2.75, 3.05) is 20.3 Å². The number of ether oxygens (including phenoxy) is 1. The van der Waals surface area contributed by atoms with Crippen LogP contribution in [-0.4, -0.2) is 51.9 Å². The van der Waals surface area contributed by atoms with E-state index >= 15 is 0 Å². The number of nitrogens with zero attached hydrogens (tertiary/aromatic N) is 4. The molecule has 2 aromatic rings. The maximum absolute atomic E-state index is 13.1. The molecule has 0 aliphatic rings. The van der Waals surface area contributed by atoms with Gasteiger partial charge >= 0.3 is 6.18 Å². The number of halogens is 3. The Kier molecular flexibility index (Phi) is 7.17. The third-order valence-corrected chi connectivity index (χ3v) is 4.71. The molecule has 0 atom stereocenters. The van der Waals surface area contributed by atoms with E-state index in [1.807, 2.05) is 13.8 Å². The zero-order chi connectivity index (χ0) is 20.9. The van der Waals surface area contributed by atoms with Crippen molar-refractivity contribution in [2.24, 2.45) is 0 Å². The fraction of sp³-hybridized carbons (Fsp3) is 0.526. The van der Waals surface area contributed by atoms with Crippen LogP contribution in [0.25, 0.3) is 5.82 Å². The Morgan fingerprint density at radius 1 is 1.25 bits per heavy atom. The van der Waals surface area contributed by atoms with Crippen molar-refractivity contribution in [2.45, 2.75) is 45.8 Å². The Balaban J connectivity index is 2.33. The number of carbonyl (C=O) groups is 1. The lowest BCUT2D eigenvalue weighted by atomic mass is 10.1. The van der Waals surface area contributed by atoms with Gasteiger partial charge in [0.2, 0.25) is 0 Å². The summed E-state index contributed by atoms with van der Waals surface area (Å²) >= 11 is 0. The molecule has 0 aromatic carbocycles. The van der Waals surface area contributed by atoms with Gasteiger partial charge in [0.25, 0.3) is 5.91 Å². The lowest BCUT2D eigenvalue weighted by Gasteiger charge is -2.30. The summed E-state index contributed by atoms with van der Waals surface area (Å²) in [6, 6.07) is 2.25. The molecule has 154 valence electrons. The highest BCUT2D eigenvalue weighted by Crippen LogP contribution is 2.29. The molecule has 0 unspecified atom stereocenters. The highest BCUT2D eigenvalue weighted by atomic mass is 19.4. The molecule has 2 rings (SSSR count). The minimum Gasteiger partial charge on any atom is -0.383 e. The van der Waals surface area contributed by atoms with Crippen LogP contribution in [0.1, 0.15) is 48.3 Å². The van der Waals surface area contributed by atoms with Gasteiger partial charge in [-0.1, -0.05) is 13.8 Å². The minimum atomic E-state index is -4.46. The average Bonchev–Trinajstić information content (AvgIpc) is 3.05. The summed E-state index contributed by atoms with van der Waals surface area (Å²) in [6.45, 7) is 6.59. The smallest absolute Gasteiger partial charge is 0.383 e. The number of hydrogen-bond donors (Lipinski definition) is 0. The number of aromatic nitrogens is 3. The van der Waals surface area contributed by atoms with Crippen LogP contribution >= 0.6 is 0 Å². The zero-order valence-corrected chi connectivity index (χ0v) is 16.5. The van der Waals surface area contributed by atoms with E-state index in [1.54, 1.807) is 18.9 Å². The molecule has 1 amide bonds. The fourth-order valence-electron chi connectivity index (χ4n) is 3.05. The normalized spacial score (nSPS) is 11.9. The van der Waals surface area contributed by atoms with E-state index in [9.17, 15) is 18.0 Å². The first kappa shape index (κ1) is 21.9. The molecule has 0 bridgehead atoms. The fourth-order valence-corrected chi connectivity index (χ4v) is 3.05. The summed E-state index contributed by atoms with van der Waals surface area (Å²) in [4.78, 5) is 18.7. The number of hydrogen-bond acceptors (Lipinski definition) is 4. The van der Waals surface area contributed by atoms with Crippen LogP contribution in [0.2, 0.25) is 0 Å². The average molecular weight is 398 g/mol. The molecular formula is C19H25F3N4O2. The van der Waals surface area contributed by atoms with Crippen LogP contribution in [-0.2, 0) is 10.9 Å². The molecule has 2 heterocycles. The Labute approximate surface area is 162 Å². The molecule has 28 heavy (non-hydrogen) atoms. The summed E-state index contributed by atoms with van der Waals surface area (Å²) in [6.07, 6.45) is -0.658. The number of amides is 1. The molecule has 0 fully saturated rings. The Morgan fingerprint density at radius 3 is 2.43 bits per heavy atom. The molecule has 0 aliphatic heterocycles. The molecule has 0 radical (unpaired) electrons. The van der Waals surface area contributed by atoms with Gasteiger partial charge in [-0.05, 0) is 31.9 Å². The van der Waals surface area contributed by atoms with Crippen molar-refractivity contribution in [3.05, 3.63) is 41.3 Å². The van der Waals surface area contributed by atoms with Gasteiger partial charge < -0.3 is 9.64 Å². The van der Waals surface area contributed by atoms with E-state index in [4.69, 9.17) is 4.74 Å². The number of carbonyl (C=O) groups excluding carboxylic acids is 1. The van der Waals surface area contributed by atoms with E-state index in [-0.39, 0.29) is 17.8 Å². The van der Waals surface area contributed by atoms with Crippen molar-refractivity contribution >= 4 is 5.91 Å². The first-order valence-corrected chi connectivity index (χ1v) is 9.12. The molecule has 0 saturated heterocycles. The van der Waals surface area contributed by atoms with Crippen LogP contribution in [0.4, 0.5) is 13.2 Å². The second-order valence-electron chi connectivity index (χ2n) is 6.42. The number of rotatable bonds is 8. The quantitative estimate of drug-likeness (QED) is 0.677. The summed E-state index contributed by atoms with van der Waals surface area (Å²) in [5.74, 6) is 0.0388. The van der Waals surface area contributed by atoms with Crippen molar-refractivity contribution in [1.82, 2.24) is 19.7 Å². The lowest BCUT2D eigenvalue weighted by molar-refractivity contribution is -0.137. The summed E-state index contributed by atoms with van der Waals surface area (Å²) in [5, 5.41) is 4.17. The van der Waals surface area contributed by atoms with Gasteiger partial charge in [-0.15, -0.1) is 0 Å². The minimum absolute atomic E-state index is 0.0644. The molecule has 0 aliphatic carbocycles. The van der Waals surface area contributed by atoms with Gasteiger partial charge in [-0.3, -0.25) is 4.79 Å². The monoisotopic (exact) mass is 398 g/mol. The number of alkyl halides is 3. The third kappa shape index (κ3) is 4.70. The standard InChI is InChI=1S/C19H25F3N4O2/c1-5-15(6-2)25(9-10-28-4)18(27)16-12-24-26(13(16)3)17-8-7-14(11-23-17)19(20,21)22/h7-8,11-12,15H,5-6,9-10H2,1-4H3. The predicted octanol–water partition coefficient (Wildman–Crippen LogP) is 3.87. The molecule has 2 aromatic heterocycles. The topological polar surface area (TPSA) is 60.2 Å². The number of methoxy groups -OCH3 is 1. The molecular weight excluding hydrogens is 373 g/mol. The Hall–Kier alpha value is -2.42. The van der Waals surface area contributed by atoms with Gasteiger partial charge in [-0.25, -0.2) is 9.67 Å². The van der Waals surface area contributed by atoms with Gasteiger partial charge in [0.05, 0.1) is 29.6 Å². The molecule has 0 spiro atoms. The molecule has 0 N–H and O–H groups in total. The van der Waals surface area contributed by atoms with Crippen LogP contribution in [0, 0.1) is 6.92 Å². The maximum atomic E-state index is 13.1. The van der Waals surface area contributed by atoms with E-state index < -0.39 is 11.7 Å². The Morgan fingerprint density at radius 2 is 1.93 bits per heavy atom. The predicted molar refractivity (Wildman–Crippen MR) is 98.4 cm³/mol. The van der Waals surface area contributed by atoms with Crippen LogP contribution in [0.5, 0.6) is 0 Å². The van der Waals surface area contributed by atoms with Gasteiger partial charge in [0.15, 0.2) is 5.82 Å². The lowest BCUT2D eigenvalue weighted by Crippen LogP contribution is -2.42. The van der Waals surface area contributed by atoms with Crippen molar-refractivity contribution < 1.29 is 22.7 Å². The van der Waals surface area contributed by atoms with E-state index in [1.165, 1.54) is 16.9 Å². The summed E-state index contributed by atoms with van der Waals surface area (Å²) in [5.41, 5.74) is 0.0761. The first-order valence-electron chi connectivity index (χ1n) is 9.12. The zero-order valence-electron chi connectivity index (χ0n) is 16.5. The van der Waals surface area contributed by atoms with Crippen LogP contribution in [0.3, 0.4) is 0 Å². The van der Waals surface area contributed by atoms with Crippen LogP contribution < -0.4 is 0 Å². The van der Waals surface area contributed by atoms with E-state index in [0.717, 1.165) is 25.1 Å². The summed E-state index contributed by atoms with van der Waals surface area (Å²) < 4.78 is 44.7. The first-order chi connectivity index (χ1) is 13.2. The van der Waals surface area contributed by atoms with Crippen LogP contribution in [0.15, 0.2) is 24.5 Å². The van der Waals surface area contributed by atoms with E-state index in [2.05, 4.69) is 10.1 Å². The highest BCUT2D eigenvalue weighted by Gasteiger charge is 2.31. The third-order valence-electron chi connectivity index (χ3n) is 4.71. The Bertz CT molecular complexity index is 783. The maximum Gasteiger partial charge on any atom is 0.417 e. The number of pyridine rings is 1. The second-order valence-corrected chi connectivity index (χ2v) is 6.42. The van der Waals surface area contributed by atoms with Crippen molar-refractivity contribution in [3.63, 3.8) is 0 Å². The highest BCUT2D eigenvalue weighted by molar-refractivity contribution is 5.95.